The molecule has 1 aliphatic rings. The number of carboxylic acid groups (broad SMARTS) is 1. The van der Waals surface area contributed by atoms with E-state index in [9.17, 15) is 9.59 Å². The van der Waals surface area contributed by atoms with Crippen LogP contribution >= 0.6 is 12.4 Å². The summed E-state index contributed by atoms with van der Waals surface area (Å²) < 4.78 is 0. The van der Waals surface area contributed by atoms with Crippen molar-refractivity contribution in [2.75, 3.05) is 18.0 Å². The van der Waals surface area contributed by atoms with Crippen LogP contribution in [-0.2, 0) is 4.79 Å². The lowest BCUT2D eigenvalue weighted by Crippen LogP contribution is -2.28. The van der Waals surface area contributed by atoms with E-state index in [4.69, 9.17) is 5.11 Å². The molecule has 0 atom stereocenters. The van der Waals surface area contributed by atoms with Crippen molar-refractivity contribution < 1.29 is 14.7 Å². The minimum Gasteiger partial charge on any atom is -0.478 e. The summed E-state index contributed by atoms with van der Waals surface area (Å²) in [7, 11) is 0. The summed E-state index contributed by atoms with van der Waals surface area (Å²) in [6.45, 7) is 1.20. The number of carbonyl (C=O) groups is 2. The molecule has 18 heavy (non-hydrogen) atoms. The van der Waals surface area contributed by atoms with Gasteiger partial charge in [-0.15, -0.1) is 12.4 Å². The summed E-state index contributed by atoms with van der Waals surface area (Å²) in [6.07, 6.45) is 2.55. The molecular weight excluding hydrogens is 256 g/mol. The monoisotopic (exact) mass is 268 g/mol. The maximum atomic E-state index is 11.5. The zero-order chi connectivity index (χ0) is 12.3. The maximum Gasteiger partial charge on any atom is 0.328 e. The number of para-hydroxylation sites is 1. The highest BCUT2D eigenvalue weighted by atomic mass is 35.5. The van der Waals surface area contributed by atoms with Crippen molar-refractivity contribution in [2.45, 2.75) is 0 Å². The lowest BCUT2D eigenvalue weighted by Gasteiger charge is -2.16. The number of carboxylic acids is 1. The lowest BCUT2D eigenvalue weighted by molar-refractivity contribution is -0.131. The first-order valence-electron chi connectivity index (χ1n) is 5.24. The number of nitrogens with one attached hydrogen (secondary N) is 1. The predicted octanol–water partition coefficient (Wildman–Crippen LogP) is 1.74. The molecule has 2 rings (SSSR count). The standard InChI is InChI=1S/C12H12N2O3.ClH/c15-11(16)6-5-9-3-1-2-4-10(9)14-8-7-13-12(14)17;/h1-6H,7-8H2,(H,13,17)(H,15,16);1H. The Morgan fingerprint density at radius 2 is 2.11 bits per heavy atom. The van der Waals surface area contributed by atoms with Crippen molar-refractivity contribution in [3.63, 3.8) is 0 Å². The number of benzene rings is 1. The Labute approximate surface area is 111 Å². The number of amides is 2. The molecule has 0 aliphatic carbocycles. The van der Waals surface area contributed by atoms with E-state index in [0.717, 1.165) is 11.8 Å². The highest BCUT2D eigenvalue weighted by Crippen LogP contribution is 2.23. The second-order valence-corrected chi connectivity index (χ2v) is 3.61. The molecule has 1 aromatic rings. The van der Waals surface area contributed by atoms with Crippen LogP contribution < -0.4 is 10.2 Å². The molecule has 96 valence electrons. The quantitative estimate of drug-likeness (QED) is 0.821. The summed E-state index contributed by atoms with van der Waals surface area (Å²) in [6, 6.07) is 7.05. The second kappa shape index (κ2) is 6.07. The predicted molar refractivity (Wildman–Crippen MR) is 71.1 cm³/mol. The summed E-state index contributed by atoms with van der Waals surface area (Å²) in [5.41, 5.74) is 1.44. The third-order valence-corrected chi connectivity index (χ3v) is 2.49. The summed E-state index contributed by atoms with van der Waals surface area (Å²) in [4.78, 5) is 23.6. The van der Waals surface area contributed by atoms with E-state index in [2.05, 4.69) is 5.32 Å². The number of hydrogen-bond acceptors (Lipinski definition) is 2. The number of aliphatic carboxylic acids is 1. The number of urea groups is 1. The van der Waals surface area contributed by atoms with E-state index in [-0.39, 0.29) is 18.4 Å². The van der Waals surface area contributed by atoms with Gasteiger partial charge in [-0.25, -0.2) is 9.59 Å². The number of nitrogens with zero attached hydrogens (tertiary/aromatic N) is 1. The van der Waals surface area contributed by atoms with Crippen LogP contribution in [0.1, 0.15) is 5.56 Å². The Hall–Kier alpha value is -2.01. The Balaban J connectivity index is 0.00000162. The molecule has 5 nitrogen and oxygen atoms in total. The minimum absolute atomic E-state index is 0. The van der Waals surface area contributed by atoms with Crippen molar-refractivity contribution in [2.24, 2.45) is 0 Å². The number of halogens is 1. The van der Waals surface area contributed by atoms with Gasteiger partial charge in [-0.3, -0.25) is 4.90 Å². The molecule has 0 bridgehead atoms. The van der Waals surface area contributed by atoms with Crippen LogP contribution in [-0.4, -0.2) is 30.2 Å². The molecule has 1 aliphatic heterocycles. The van der Waals surface area contributed by atoms with Crippen molar-refractivity contribution in [3.05, 3.63) is 35.9 Å². The molecule has 1 saturated heterocycles. The Morgan fingerprint density at radius 1 is 1.39 bits per heavy atom. The maximum absolute atomic E-state index is 11.5. The van der Waals surface area contributed by atoms with Crippen LogP contribution in [0.4, 0.5) is 10.5 Å². The number of carbonyl (C=O) groups excluding carboxylic acids is 1. The van der Waals surface area contributed by atoms with E-state index >= 15 is 0 Å². The molecule has 1 fully saturated rings. The van der Waals surface area contributed by atoms with Gasteiger partial charge < -0.3 is 10.4 Å². The van der Waals surface area contributed by atoms with E-state index in [1.165, 1.54) is 6.08 Å². The molecule has 6 heteroatoms. The largest absolute Gasteiger partial charge is 0.478 e. The zero-order valence-corrected chi connectivity index (χ0v) is 10.3. The van der Waals surface area contributed by atoms with E-state index in [1.54, 1.807) is 23.1 Å². The molecule has 0 aromatic heterocycles. The first kappa shape index (κ1) is 14.1. The highest BCUT2D eigenvalue weighted by molar-refractivity contribution is 5.97. The summed E-state index contributed by atoms with van der Waals surface area (Å²) >= 11 is 0. The van der Waals surface area contributed by atoms with Gasteiger partial charge in [0.2, 0.25) is 0 Å². The van der Waals surface area contributed by atoms with Crippen LogP contribution in [0.3, 0.4) is 0 Å². The zero-order valence-electron chi connectivity index (χ0n) is 9.50. The molecule has 0 radical (unpaired) electrons. The summed E-state index contributed by atoms with van der Waals surface area (Å²) in [5, 5.41) is 11.3. The molecule has 0 spiro atoms. The van der Waals surface area contributed by atoms with Gasteiger partial charge in [0.15, 0.2) is 0 Å². The average Bonchev–Trinajstić information content (AvgIpc) is 2.73. The first-order chi connectivity index (χ1) is 8.18. The Morgan fingerprint density at radius 3 is 2.72 bits per heavy atom. The fourth-order valence-corrected chi connectivity index (χ4v) is 1.74. The van der Waals surface area contributed by atoms with Crippen LogP contribution in [0.25, 0.3) is 6.08 Å². The topological polar surface area (TPSA) is 69.6 Å². The molecule has 0 unspecified atom stereocenters. The van der Waals surface area contributed by atoms with Gasteiger partial charge in [-0.1, -0.05) is 18.2 Å². The van der Waals surface area contributed by atoms with Crippen molar-refractivity contribution in [3.8, 4) is 0 Å². The second-order valence-electron chi connectivity index (χ2n) is 3.61. The van der Waals surface area contributed by atoms with Gasteiger partial charge in [0.1, 0.15) is 0 Å². The first-order valence-corrected chi connectivity index (χ1v) is 5.24. The average molecular weight is 269 g/mol. The Bertz CT molecular complexity index is 488. The molecular formula is C12H13ClN2O3. The number of hydrogen-bond donors (Lipinski definition) is 2. The van der Waals surface area contributed by atoms with Gasteiger partial charge in [0.25, 0.3) is 0 Å². The lowest BCUT2D eigenvalue weighted by atomic mass is 10.1. The van der Waals surface area contributed by atoms with E-state index in [0.29, 0.717) is 18.7 Å². The van der Waals surface area contributed by atoms with Gasteiger partial charge in [-0.05, 0) is 17.7 Å². The SMILES string of the molecule is Cl.O=C(O)C=Cc1ccccc1N1CCNC1=O. The number of anilines is 1. The van der Waals surface area contributed by atoms with Crippen LogP contribution in [0.5, 0.6) is 0 Å². The van der Waals surface area contributed by atoms with E-state index < -0.39 is 5.97 Å². The highest BCUT2D eigenvalue weighted by Gasteiger charge is 2.22. The molecule has 2 amide bonds. The van der Waals surface area contributed by atoms with Crippen LogP contribution in [0.15, 0.2) is 30.3 Å². The third kappa shape index (κ3) is 3.01. The molecule has 1 aromatic carbocycles. The van der Waals surface area contributed by atoms with Crippen molar-refractivity contribution in [1.82, 2.24) is 5.32 Å². The minimum atomic E-state index is -1.01. The van der Waals surface area contributed by atoms with Crippen molar-refractivity contribution in [1.29, 1.82) is 0 Å². The fourth-order valence-electron chi connectivity index (χ4n) is 1.74. The molecule has 1 heterocycles. The smallest absolute Gasteiger partial charge is 0.328 e. The number of rotatable bonds is 3. The Kier molecular flexibility index (Phi) is 4.74. The molecule has 2 N–H and O–H groups in total. The third-order valence-electron chi connectivity index (χ3n) is 2.49. The fraction of sp³-hybridized carbons (Fsp3) is 0.167. The van der Waals surface area contributed by atoms with Crippen LogP contribution in [0.2, 0.25) is 0 Å². The van der Waals surface area contributed by atoms with Crippen molar-refractivity contribution >= 4 is 36.2 Å². The van der Waals surface area contributed by atoms with Gasteiger partial charge in [0, 0.05) is 19.2 Å². The normalized spacial score (nSPS) is 14.4. The van der Waals surface area contributed by atoms with Gasteiger partial charge in [-0.2, -0.15) is 0 Å². The van der Waals surface area contributed by atoms with E-state index in [1.807, 2.05) is 6.07 Å². The summed E-state index contributed by atoms with van der Waals surface area (Å²) in [5.74, 6) is -1.01. The van der Waals surface area contributed by atoms with Crippen LogP contribution in [0, 0.1) is 0 Å². The van der Waals surface area contributed by atoms with Gasteiger partial charge >= 0.3 is 12.0 Å². The molecule has 0 saturated carbocycles. The van der Waals surface area contributed by atoms with Gasteiger partial charge in [0.05, 0.1) is 5.69 Å².